The summed E-state index contributed by atoms with van der Waals surface area (Å²) in [7, 11) is 0. The number of nitrogens with one attached hydrogen (secondary N) is 1. The molecule has 1 aromatic rings. The Bertz CT molecular complexity index is 676. The van der Waals surface area contributed by atoms with Gasteiger partial charge in [0.05, 0.1) is 18.2 Å². The van der Waals surface area contributed by atoms with Gasteiger partial charge in [0, 0.05) is 25.7 Å². The number of nitrogens with zero attached hydrogens (tertiary/aromatic N) is 2. The SMILES string of the molecule is CC(=O)Nc1ccc(N2C(=O)CC(N3CC(C)CC(C)C3)C2=O)cc1. The van der Waals surface area contributed by atoms with Crippen LogP contribution in [0.4, 0.5) is 11.4 Å². The smallest absolute Gasteiger partial charge is 0.251 e. The quantitative estimate of drug-likeness (QED) is 0.855. The van der Waals surface area contributed by atoms with Gasteiger partial charge in [-0.05, 0) is 42.5 Å². The number of carbonyl (C=O) groups is 3. The normalized spacial score (nSPS) is 27.6. The van der Waals surface area contributed by atoms with Crippen molar-refractivity contribution in [3.63, 3.8) is 0 Å². The molecule has 25 heavy (non-hydrogen) atoms. The monoisotopic (exact) mass is 343 g/mol. The third-order valence-electron chi connectivity index (χ3n) is 4.91. The van der Waals surface area contributed by atoms with Crippen molar-refractivity contribution in [3.05, 3.63) is 24.3 Å². The Hall–Kier alpha value is -2.21. The molecule has 3 amide bonds. The first-order chi connectivity index (χ1) is 11.8. The highest BCUT2D eigenvalue weighted by Gasteiger charge is 2.44. The molecule has 0 bridgehead atoms. The fraction of sp³-hybridized carbons (Fsp3) is 0.526. The van der Waals surface area contributed by atoms with Crippen molar-refractivity contribution in [1.82, 2.24) is 4.90 Å². The fourth-order valence-electron chi connectivity index (χ4n) is 4.04. The van der Waals surface area contributed by atoms with E-state index in [2.05, 4.69) is 24.1 Å². The number of benzene rings is 1. The molecule has 2 fully saturated rings. The Morgan fingerprint density at radius 3 is 2.24 bits per heavy atom. The van der Waals surface area contributed by atoms with E-state index in [1.807, 2.05) is 0 Å². The van der Waals surface area contributed by atoms with Crippen LogP contribution >= 0.6 is 0 Å². The Kier molecular flexibility index (Phi) is 4.90. The Morgan fingerprint density at radius 2 is 1.68 bits per heavy atom. The number of amides is 3. The summed E-state index contributed by atoms with van der Waals surface area (Å²) in [6, 6.07) is 6.45. The Labute approximate surface area is 148 Å². The van der Waals surface area contributed by atoms with Crippen LogP contribution in [-0.4, -0.2) is 41.8 Å². The molecule has 0 saturated carbocycles. The molecular formula is C19H25N3O3. The van der Waals surface area contributed by atoms with Gasteiger partial charge in [0.1, 0.15) is 0 Å². The van der Waals surface area contributed by atoms with E-state index in [0.717, 1.165) is 13.1 Å². The Morgan fingerprint density at radius 1 is 1.08 bits per heavy atom. The maximum absolute atomic E-state index is 12.9. The number of hydrogen-bond acceptors (Lipinski definition) is 4. The number of likely N-dealkylation sites (tertiary alicyclic amines) is 1. The second-order valence-electron chi connectivity index (χ2n) is 7.42. The summed E-state index contributed by atoms with van der Waals surface area (Å²) in [5.74, 6) is 0.622. The predicted molar refractivity (Wildman–Crippen MR) is 96.2 cm³/mol. The molecule has 0 spiro atoms. The maximum Gasteiger partial charge on any atom is 0.251 e. The fourth-order valence-corrected chi connectivity index (χ4v) is 4.04. The molecule has 6 heteroatoms. The molecule has 3 rings (SSSR count). The first-order valence-electron chi connectivity index (χ1n) is 8.83. The summed E-state index contributed by atoms with van der Waals surface area (Å²) < 4.78 is 0. The van der Waals surface area contributed by atoms with Crippen LogP contribution < -0.4 is 10.2 Å². The summed E-state index contributed by atoms with van der Waals surface area (Å²) in [5.41, 5.74) is 1.20. The highest BCUT2D eigenvalue weighted by atomic mass is 16.2. The lowest BCUT2D eigenvalue weighted by Crippen LogP contribution is -2.48. The zero-order valence-electron chi connectivity index (χ0n) is 15.0. The van der Waals surface area contributed by atoms with Crippen molar-refractivity contribution in [3.8, 4) is 0 Å². The number of rotatable bonds is 3. The van der Waals surface area contributed by atoms with E-state index in [4.69, 9.17) is 0 Å². The molecule has 0 radical (unpaired) electrons. The standard InChI is InChI=1S/C19H25N3O3/c1-12-8-13(2)11-21(10-12)17-9-18(24)22(19(17)25)16-6-4-15(5-7-16)20-14(3)23/h4-7,12-13,17H,8-11H2,1-3H3,(H,20,23). The van der Waals surface area contributed by atoms with E-state index >= 15 is 0 Å². The van der Waals surface area contributed by atoms with Crippen molar-refractivity contribution in [2.24, 2.45) is 11.8 Å². The first kappa shape index (κ1) is 17.6. The van der Waals surface area contributed by atoms with Gasteiger partial charge < -0.3 is 5.32 Å². The zero-order chi connectivity index (χ0) is 18.1. The van der Waals surface area contributed by atoms with E-state index in [9.17, 15) is 14.4 Å². The third-order valence-corrected chi connectivity index (χ3v) is 4.91. The third kappa shape index (κ3) is 3.74. The minimum atomic E-state index is -0.354. The number of imide groups is 1. The summed E-state index contributed by atoms with van der Waals surface area (Å²) in [6.07, 6.45) is 1.41. The molecule has 6 nitrogen and oxygen atoms in total. The summed E-state index contributed by atoms with van der Waals surface area (Å²) >= 11 is 0. The number of hydrogen-bond donors (Lipinski definition) is 1. The summed E-state index contributed by atoms with van der Waals surface area (Å²) in [5, 5.41) is 2.68. The van der Waals surface area contributed by atoms with Gasteiger partial charge in [0.25, 0.3) is 5.91 Å². The molecule has 3 unspecified atom stereocenters. The van der Waals surface area contributed by atoms with Crippen LogP contribution in [0.25, 0.3) is 0 Å². The zero-order valence-corrected chi connectivity index (χ0v) is 15.0. The Balaban J connectivity index is 1.76. The van der Waals surface area contributed by atoms with Gasteiger partial charge in [-0.25, -0.2) is 4.90 Å². The summed E-state index contributed by atoms with van der Waals surface area (Å²) in [6.45, 7) is 7.56. The van der Waals surface area contributed by atoms with Gasteiger partial charge in [-0.1, -0.05) is 13.8 Å². The minimum Gasteiger partial charge on any atom is -0.326 e. The molecule has 1 N–H and O–H groups in total. The van der Waals surface area contributed by atoms with Crippen molar-refractivity contribution in [1.29, 1.82) is 0 Å². The van der Waals surface area contributed by atoms with Crippen molar-refractivity contribution < 1.29 is 14.4 Å². The number of anilines is 2. The second-order valence-corrected chi connectivity index (χ2v) is 7.42. The van der Waals surface area contributed by atoms with Gasteiger partial charge in [-0.3, -0.25) is 19.3 Å². The van der Waals surface area contributed by atoms with E-state index in [-0.39, 0.29) is 30.2 Å². The van der Waals surface area contributed by atoms with E-state index < -0.39 is 0 Å². The highest BCUT2D eigenvalue weighted by molar-refractivity contribution is 6.22. The number of carbonyl (C=O) groups excluding carboxylic acids is 3. The molecule has 3 atom stereocenters. The average molecular weight is 343 g/mol. The van der Waals surface area contributed by atoms with Crippen LogP contribution in [0.15, 0.2) is 24.3 Å². The molecule has 2 heterocycles. The van der Waals surface area contributed by atoms with E-state index in [1.54, 1.807) is 24.3 Å². The molecule has 1 aromatic carbocycles. The largest absolute Gasteiger partial charge is 0.326 e. The van der Waals surface area contributed by atoms with Crippen molar-refractivity contribution in [2.45, 2.75) is 39.7 Å². The van der Waals surface area contributed by atoms with Crippen LogP contribution in [0.3, 0.4) is 0 Å². The first-order valence-corrected chi connectivity index (χ1v) is 8.83. The number of piperidine rings is 1. The van der Waals surface area contributed by atoms with E-state index in [1.165, 1.54) is 18.2 Å². The van der Waals surface area contributed by atoms with Gasteiger partial charge in [-0.2, -0.15) is 0 Å². The average Bonchev–Trinajstić information content (AvgIpc) is 2.82. The van der Waals surface area contributed by atoms with Gasteiger partial charge in [0.15, 0.2) is 0 Å². The van der Waals surface area contributed by atoms with Gasteiger partial charge >= 0.3 is 0 Å². The van der Waals surface area contributed by atoms with Crippen LogP contribution in [0, 0.1) is 11.8 Å². The highest BCUT2D eigenvalue weighted by Crippen LogP contribution is 2.30. The molecule has 134 valence electrons. The lowest BCUT2D eigenvalue weighted by Gasteiger charge is -2.37. The molecular weight excluding hydrogens is 318 g/mol. The van der Waals surface area contributed by atoms with Gasteiger partial charge in [0.2, 0.25) is 11.8 Å². The molecule has 0 aliphatic carbocycles. The second kappa shape index (κ2) is 6.96. The van der Waals surface area contributed by atoms with Crippen LogP contribution in [-0.2, 0) is 14.4 Å². The van der Waals surface area contributed by atoms with Crippen LogP contribution in [0.5, 0.6) is 0 Å². The minimum absolute atomic E-state index is 0.140. The van der Waals surface area contributed by atoms with E-state index in [0.29, 0.717) is 23.2 Å². The molecule has 2 aliphatic rings. The summed E-state index contributed by atoms with van der Waals surface area (Å²) in [4.78, 5) is 39.9. The molecule has 2 aliphatic heterocycles. The van der Waals surface area contributed by atoms with Crippen LogP contribution in [0.1, 0.15) is 33.6 Å². The van der Waals surface area contributed by atoms with Crippen LogP contribution in [0.2, 0.25) is 0 Å². The molecule has 0 aromatic heterocycles. The van der Waals surface area contributed by atoms with Gasteiger partial charge in [-0.15, -0.1) is 0 Å². The van der Waals surface area contributed by atoms with Crippen molar-refractivity contribution in [2.75, 3.05) is 23.3 Å². The maximum atomic E-state index is 12.9. The topological polar surface area (TPSA) is 69.7 Å². The lowest BCUT2D eigenvalue weighted by molar-refractivity contribution is -0.123. The molecule has 2 saturated heterocycles. The lowest BCUT2D eigenvalue weighted by atomic mass is 9.90. The predicted octanol–water partition coefficient (Wildman–Crippen LogP) is 2.25. The van der Waals surface area contributed by atoms with Crippen molar-refractivity contribution >= 4 is 29.1 Å².